The van der Waals surface area contributed by atoms with Crippen molar-refractivity contribution in [3.8, 4) is 90.5 Å². The summed E-state index contributed by atoms with van der Waals surface area (Å²) >= 11 is 0. The zero-order valence-electron chi connectivity index (χ0n) is 34.0. The molecule has 0 radical (unpaired) electrons. The van der Waals surface area contributed by atoms with E-state index in [9.17, 15) is 0 Å². The lowest BCUT2D eigenvalue weighted by Gasteiger charge is -2.34. The topological polar surface area (TPSA) is 57.1 Å². The first-order chi connectivity index (χ1) is 31.2. The fraction of sp³-hybridized carbons (Fsp3) is 0.0172. The fourth-order valence-electron chi connectivity index (χ4n) is 9.30. The van der Waals surface area contributed by atoms with Crippen LogP contribution in [0.3, 0.4) is 0 Å². The van der Waals surface area contributed by atoms with Gasteiger partial charge in [-0.05, 0) is 79.9 Å². The van der Waals surface area contributed by atoms with Crippen LogP contribution in [0.25, 0.3) is 67.5 Å². The Morgan fingerprint density at radius 1 is 0.270 bits per heavy atom. The van der Waals surface area contributed by atoms with Gasteiger partial charge in [0.1, 0.15) is 0 Å². The van der Waals surface area contributed by atoms with Gasteiger partial charge in [-0.2, -0.15) is 0 Å². The molecular formula is C58H37N3O2. The number of hydrogen-bond acceptors (Lipinski definition) is 5. The lowest BCUT2D eigenvalue weighted by atomic mass is 9.67. The molecule has 2 heterocycles. The first-order valence-corrected chi connectivity index (χ1v) is 21.2. The maximum atomic E-state index is 6.74. The van der Waals surface area contributed by atoms with Gasteiger partial charge in [-0.15, -0.1) is 0 Å². The van der Waals surface area contributed by atoms with Gasteiger partial charge in [0.05, 0.1) is 5.41 Å². The van der Waals surface area contributed by atoms with Crippen molar-refractivity contribution in [1.82, 2.24) is 15.0 Å². The quantitative estimate of drug-likeness (QED) is 0.161. The van der Waals surface area contributed by atoms with E-state index in [0.717, 1.165) is 44.5 Å². The summed E-state index contributed by atoms with van der Waals surface area (Å²) in [5.74, 6) is 4.57. The van der Waals surface area contributed by atoms with Gasteiger partial charge in [0.25, 0.3) is 0 Å². The SMILES string of the molecule is c1ccc(-c2ccc(-c3nc(-c4ccccc4)nc(-c4ccc(-c5ccc6c(c5)Oc5cc7c(cc5O6)C(c5ccccc5)(c5ccccc5)c5ccccc5-7)cc4)n3)cc2)cc1. The van der Waals surface area contributed by atoms with Crippen LogP contribution in [-0.2, 0) is 5.41 Å². The Morgan fingerprint density at radius 2 is 0.667 bits per heavy atom. The molecule has 0 spiro atoms. The minimum Gasteiger partial charge on any atom is -0.450 e. The Kier molecular flexibility index (Phi) is 8.64. The van der Waals surface area contributed by atoms with Crippen molar-refractivity contribution in [2.45, 2.75) is 5.41 Å². The third kappa shape index (κ3) is 6.21. The van der Waals surface area contributed by atoms with Gasteiger partial charge in [0.2, 0.25) is 0 Å². The molecular weight excluding hydrogens is 771 g/mol. The number of fused-ring (bicyclic) bond motifs is 5. The van der Waals surface area contributed by atoms with Gasteiger partial charge < -0.3 is 9.47 Å². The molecule has 5 heteroatoms. The van der Waals surface area contributed by atoms with Gasteiger partial charge in [0.15, 0.2) is 40.5 Å². The molecule has 0 atom stereocenters. The Balaban J connectivity index is 0.876. The number of rotatable bonds is 7. The average molecular weight is 808 g/mol. The normalized spacial score (nSPS) is 12.8. The van der Waals surface area contributed by atoms with Crippen molar-refractivity contribution in [1.29, 1.82) is 0 Å². The highest BCUT2D eigenvalue weighted by Crippen LogP contribution is 2.59. The molecule has 0 amide bonds. The second kappa shape index (κ2) is 14.9. The summed E-state index contributed by atoms with van der Waals surface area (Å²) < 4.78 is 13.5. The monoisotopic (exact) mass is 807 g/mol. The zero-order valence-corrected chi connectivity index (χ0v) is 34.0. The molecule has 0 saturated carbocycles. The summed E-state index contributed by atoms with van der Waals surface area (Å²) in [6.07, 6.45) is 0. The molecule has 296 valence electrons. The van der Waals surface area contributed by atoms with Crippen LogP contribution in [0.5, 0.6) is 23.0 Å². The molecule has 5 nitrogen and oxygen atoms in total. The van der Waals surface area contributed by atoms with E-state index in [-0.39, 0.29) is 0 Å². The number of nitrogens with zero attached hydrogens (tertiary/aromatic N) is 3. The highest BCUT2D eigenvalue weighted by molar-refractivity contribution is 5.88. The van der Waals surface area contributed by atoms with Crippen molar-refractivity contribution in [3.63, 3.8) is 0 Å². The highest BCUT2D eigenvalue weighted by atomic mass is 16.6. The molecule has 0 unspecified atom stereocenters. The molecule has 1 aliphatic carbocycles. The van der Waals surface area contributed by atoms with Crippen LogP contribution < -0.4 is 9.47 Å². The third-order valence-electron chi connectivity index (χ3n) is 12.3. The van der Waals surface area contributed by atoms with Crippen LogP contribution >= 0.6 is 0 Å². The second-order valence-electron chi connectivity index (χ2n) is 15.9. The van der Waals surface area contributed by atoms with E-state index in [1.807, 2.05) is 42.5 Å². The minimum absolute atomic E-state index is 0.525. The number of aromatic nitrogens is 3. The molecule has 63 heavy (non-hydrogen) atoms. The Morgan fingerprint density at radius 3 is 1.25 bits per heavy atom. The van der Waals surface area contributed by atoms with Crippen LogP contribution in [0.2, 0.25) is 0 Å². The summed E-state index contributed by atoms with van der Waals surface area (Å²) in [5.41, 5.74) is 13.7. The van der Waals surface area contributed by atoms with Gasteiger partial charge in [-0.3, -0.25) is 0 Å². The van der Waals surface area contributed by atoms with Gasteiger partial charge in [0, 0.05) is 16.7 Å². The second-order valence-corrected chi connectivity index (χ2v) is 15.9. The highest BCUT2D eigenvalue weighted by Gasteiger charge is 2.47. The van der Waals surface area contributed by atoms with Crippen molar-refractivity contribution in [2.24, 2.45) is 0 Å². The molecule has 12 rings (SSSR count). The Bertz CT molecular complexity index is 3260. The van der Waals surface area contributed by atoms with Gasteiger partial charge in [-0.25, -0.2) is 15.0 Å². The standard InChI is InChI=1S/C58H37N3O2/c1-5-15-38(16-6-1)39-25-29-42(30-26-39)56-59-55(41-17-7-2-8-18-41)60-57(61-56)43-31-27-40(28-32-43)44-33-34-51-52(35-44)63-53-36-48-47-23-13-14-24-49(47)58(45-19-9-3-10-20-45,46-21-11-4-12-22-46)50(48)37-54(53)62-51/h1-37H. The van der Waals surface area contributed by atoms with Gasteiger partial charge in [-0.1, -0.05) is 200 Å². The minimum atomic E-state index is -0.525. The Hall–Kier alpha value is -8.41. The smallest absolute Gasteiger partial charge is 0.170 e. The lowest BCUT2D eigenvalue weighted by molar-refractivity contribution is 0.359. The molecule has 9 aromatic carbocycles. The largest absolute Gasteiger partial charge is 0.450 e. The van der Waals surface area contributed by atoms with Crippen LogP contribution in [0, 0.1) is 0 Å². The predicted octanol–water partition coefficient (Wildman–Crippen LogP) is 14.5. The predicted molar refractivity (Wildman–Crippen MR) is 251 cm³/mol. The molecule has 0 N–H and O–H groups in total. The van der Waals surface area contributed by atoms with E-state index < -0.39 is 5.41 Å². The van der Waals surface area contributed by atoms with Crippen LogP contribution in [-0.4, -0.2) is 15.0 Å². The number of hydrogen-bond donors (Lipinski definition) is 0. The molecule has 10 aromatic rings. The van der Waals surface area contributed by atoms with E-state index >= 15 is 0 Å². The van der Waals surface area contributed by atoms with E-state index in [2.05, 4.69) is 182 Å². The van der Waals surface area contributed by atoms with Crippen molar-refractivity contribution >= 4 is 0 Å². The molecule has 2 aliphatic rings. The van der Waals surface area contributed by atoms with Gasteiger partial charge >= 0.3 is 0 Å². The van der Waals surface area contributed by atoms with E-state index in [4.69, 9.17) is 24.4 Å². The van der Waals surface area contributed by atoms with Crippen LogP contribution in [0.1, 0.15) is 22.3 Å². The lowest BCUT2D eigenvalue weighted by Crippen LogP contribution is -2.28. The molecule has 0 bridgehead atoms. The molecule has 1 aromatic heterocycles. The molecule has 0 saturated heterocycles. The van der Waals surface area contributed by atoms with Crippen molar-refractivity contribution in [3.05, 3.63) is 247 Å². The van der Waals surface area contributed by atoms with E-state index in [1.54, 1.807) is 0 Å². The zero-order chi connectivity index (χ0) is 41.7. The fourth-order valence-corrected chi connectivity index (χ4v) is 9.30. The van der Waals surface area contributed by atoms with Crippen LogP contribution in [0.15, 0.2) is 224 Å². The maximum Gasteiger partial charge on any atom is 0.170 e. The summed E-state index contributed by atoms with van der Waals surface area (Å²) in [6.45, 7) is 0. The summed E-state index contributed by atoms with van der Waals surface area (Å²) in [4.78, 5) is 14.9. The Labute approximate surface area is 365 Å². The van der Waals surface area contributed by atoms with Crippen LogP contribution in [0.4, 0.5) is 0 Å². The molecule has 0 fully saturated rings. The van der Waals surface area contributed by atoms with Crippen molar-refractivity contribution in [2.75, 3.05) is 0 Å². The first-order valence-electron chi connectivity index (χ1n) is 21.2. The maximum absolute atomic E-state index is 6.74. The van der Waals surface area contributed by atoms with E-state index in [1.165, 1.54) is 27.8 Å². The average Bonchev–Trinajstić information content (AvgIpc) is 3.65. The summed E-state index contributed by atoms with van der Waals surface area (Å²) in [5, 5.41) is 0. The summed E-state index contributed by atoms with van der Waals surface area (Å²) in [7, 11) is 0. The third-order valence-corrected chi connectivity index (χ3v) is 12.3. The number of ether oxygens (including phenoxy) is 2. The number of benzene rings is 9. The van der Waals surface area contributed by atoms with Crippen molar-refractivity contribution < 1.29 is 9.47 Å². The molecule has 1 aliphatic heterocycles. The van der Waals surface area contributed by atoms with E-state index in [0.29, 0.717) is 40.5 Å². The summed E-state index contributed by atoms with van der Waals surface area (Å²) in [6, 6.07) is 77.9. The first kappa shape index (κ1) is 36.4.